The highest BCUT2D eigenvalue weighted by atomic mass is 32.2. The quantitative estimate of drug-likeness (QED) is 0.751. The van der Waals surface area contributed by atoms with Crippen LogP contribution in [0.2, 0.25) is 0 Å². The molecule has 2 aromatic rings. The van der Waals surface area contributed by atoms with E-state index in [0.29, 0.717) is 17.1 Å². The summed E-state index contributed by atoms with van der Waals surface area (Å²) in [5.41, 5.74) is -0.509. The Labute approximate surface area is 163 Å². The number of methoxy groups -OCH3 is 2. The van der Waals surface area contributed by atoms with Crippen molar-refractivity contribution >= 4 is 34.6 Å². The van der Waals surface area contributed by atoms with E-state index < -0.39 is 17.6 Å². The number of para-hydroxylation sites is 1. The smallest absolute Gasteiger partial charge is 0.418 e. The fourth-order valence-corrected chi connectivity index (χ4v) is 3.31. The van der Waals surface area contributed by atoms with Crippen molar-refractivity contribution in [2.45, 2.75) is 6.18 Å². The topological polar surface area (TPSA) is 59.9 Å². The van der Waals surface area contributed by atoms with Crippen LogP contribution in [0.1, 0.15) is 11.1 Å². The molecule has 0 radical (unpaired) electrons. The monoisotopic (exact) mass is 408 g/mol. The van der Waals surface area contributed by atoms with Crippen LogP contribution < -0.4 is 14.8 Å². The number of nitrogens with one attached hydrogen (secondary N) is 1. The first-order valence-electron chi connectivity index (χ1n) is 7.99. The summed E-state index contributed by atoms with van der Waals surface area (Å²) in [5.74, 6) is 0.632. The van der Waals surface area contributed by atoms with Gasteiger partial charge in [0.2, 0.25) is 0 Å². The molecule has 1 heterocycles. The largest absolute Gasteiger partial charge is 0.497 e. The molecule has 2 aromatic carbocycles. The Balaban J connectivity index is 1.91. The van der Waals surface area contributed by atoms with Gasteiger partial charge in [-0.1, -0.05) is 12.1 Å². The third-order valence-electron chi connectivity index (χ3n) is 3.81. The zero-order valence-electron chi connectivity index (χ0n) is 14.8. The SMILES string of the molecule is COc1ccc(C=C2SC(=Nc3ccccc3C(F)(F)F)NC2=O)c(OC)c1. The number of amides is 1. The second kappa shape index (κ2) is 7.97. The van der Waals surface area contributed by atoms with E-state index in [1.54, 1.807) is 24.3 Å². The Kier molecular flexibility index (Phi) is 5.64. The van der Waals surface area contributed by atoms with Crippen LogP contribution in [-0.4, -0.2) is 25.3 Å². The van der Waals surface area contributed by atoms with Gasteiger partial charge in [0.1, 0.15) is 11.5 Å². The molecule has 0 spiro atoms. The van der Waals surface area contributed by atoms with Crippen LogP contribution >= 0.6 is 11.8 Å². The molecule has 1 fully saturated rings. The summed E-state index contributed by atoms with van der Waals surface area (Å²) in [6, 6.07) is 10.0. The summed E-state index contributed by atoms with van der Waals surface area (Å²) in [7, 11) is 3.01. The number of rotatable bonds is 4. The highest BCUT2D eigenvalue weighted by molar-refractivity contribution is 8.18. The highest BCUT2D eigenvalue weighted by Gasteiger charge is 2.34. The van der Waals surface area contributed by atoms with Crippen molar-refractivity contribution < 1.29 is 27.4 Å². The van der Waals surface area contributed by atoms with E-state index in [9.17, 15) is 18.0 Å². The molecule has 0 aromatic heterocycles. The fraction of sp³-hybridized carbons (Fsp3) is 0.158. The van der Waals surface area contributed by atoms with Gasteiger partial charge < -0.3 is 14.8 Å². The van der Waals surface area contributed by atoms with E-state index in [1.165, 1.54) is 32.4 Å². The second-order valence-corrected chi connectivity index (χ2v) is 6.64. The lowest BCUT2D eigenvalue weighted by atomic mass is 10.1. The first kappa shape index (κ1) is 19.8. The number of amidine groups is 1. The highest BCUT2D eigenvalue weighted by Crippen LogP contribution is 2.38. The number of hydrogen-bond donors (Lipinski definition) is 1. The van der Waals surface area contributed by atoms with Gasteiger partial charge in [-0.3, -0.25) is 4.79 Å². The summed E-state index contributed by atoms with van der Waals surface area (Å²) in [6.07, 6.45) is -2.96. The maximum Gasteiger partial charge on any atom is 0.418 e. The second-order valence-electron chi connectivity index (χ2n) is 5.60. The number of aliphatic imine (C=N–C) groups is 1. The maximum absolute atomic E-state index is 13.1. The van der Waals surface area contributed by atoms with Gasteiger partial charge >= 0.3 is 6.18 Å². The number of benzene rings is 2. The van der Waals surface area contributed by atoms with Crippen molar-refractivity contribution in [3.8, 4) is 11.5 Å². The molecule has 1 aliphatic rings. The van der Waals surface area contributed by atoms with Crippen molar-refractivity contribution in [1.82, 2.24) is 5.32 Å². The molecule has 0 atom stereocenters. The normalized spacial score (nSPS) is 17.1. The predicted molar refractivity (Wildman–Crippen MR) is 102 cm³/mol. The van der Waals surface area contributed by atoms with Crippen LogP contribution in [0.3, 0.4) is 0 Å². The van der Waals surface area contributed by atoms with Crippen LogP contribution in [0, 0.1) is 0 Å². The molecule has 1 N–H and O–H groups in total. The molecule has 0 bridgehead atoms. The molecule has 0 unspecified atom stereocenters. The molecule has 5 nitrogen and oxygen atoms in total. The van der Waals surface area contributed by atoms with Crippen LogP contribution in [0.15, 0.2) is 52.4 Å². The molecular formula is C19H15F3N2O3S. The number of carbonyl (C=O) groups excluding carboxylic acids is 1. The van der Waals surface area contributed by atoms with E-state index in [2.05, 4.69) is 10.3 Å². The molecule has 0 saturated carbocycles. The van der Waals surface area contributed by atoms with Crippen molar-refractivity contribution in [2.75, 3.05) is 14.2 Å². The Bertz CT molecular complexity index is 971. The van der Waals surface area contributed by atoms with Crippen molar-refractivity contribution in [1.29, 1.82) is 0 Å². The number of ether oxygens (including phenoxy) is 2. The van der Waals surface area contributed by atoms with Gasteiger partial charge in [-0.05, 0) is 42.1 Å². The zero-order chi connectivity index (χ0) is 20.3. The third kappa shape index (κ3) is 4.30. The summed E-state index contributed by atoms with van der Waals surface area (Å²) in [5, 5.41) is 2.55. The fourth-order valence-electron chi connectivity index (χ4n) is 2.48. The molecule has 1 aliphatic heterocycles. The minimum Gasteiger partial charge on any atom is -0.497 e. The summed E-state index contributed by atoms with van der Waals surface area (Å²) in [6.45, 7) is 0. The van der Waals surface area contributed by atoms with Gasteiger partial charge in [-0.25, -0.2) is 4.99 Å². The summed E-state index contributed by atoms with van der Waals surface area (Å²) >= 11 is 0.953. The number of halogens is 3. The van der Waals surface area contributed by atoms with Crippen molar-refractivity contribution in [3.63, 3.8) is 0 Å². The Morgan fingerprint density at radius 3 is 2.54 bits per heavy atom. The zero-order valence-corrected chi connectivity index (χ0v) is 15.6. The van der Waals surface area contributed by atoms with Crippen LogP contribution in [0.25, 0.3) is 6.08 Å². The minimum atomic E-state index is -4.54. The molecule has 3 rings (SSSR count). The molecule has 0 aliphatic carbocycles. The molecule has 9 heteroatoms. The van der Waals surface area contributed by atoms with Crippen molar-refractivity contribution in [2.24, 2.45) is 4.99 Å². The third-order valence-corrected chi connectivity index (χ3v) is 4.72. The average molecular weight is 408 g/mol. The van der Waals surface area contributed by atoms with Crippen molar-refractivity contribution in [3.05, 3.63) is 58.5 Å². The number of nitrogens with zero attached hydrogens (tertiary/aromatic N) is 1. The van der Waals surface area contributed by atoms with Crippen LogP contribution in [-0.2, 0) is 11.0 Å². The van der Waals surface area contributed by atoms with Crippen LogP contribution in [0.5, 0.6) is 11.5 Å². The predicted octanol–water partition coefficient (Wildman–Crippen LogP) is 4.61. The first-order chi connectivity index (χ1) is 13.3. The van der Waals surface area contributed by atoms with Gasteiger partial charge in [0.05, 0.1) is 30.4 Å². The lowest BCUT2D eigenvalue weighted by Crippen LogP contribution is -2.19. The molecular weight excluding hydrogens is 393 g/mol. The molecule has 146 valence electrons. The van der Waals surface area contributed by atoms with E-state index in [0.717, 1.165) is 17.8 Å². The van der Waals surface area contributed by atoms with Gasteiger partial charge in [0, 0.05) is 11.6 Å². The van der Waals surface area contributed by atoms with Gasteiger partial charge in [0.15, 0.2) is 5.17 Å². The lowest BCUT2D eigenvalue weighted by Gasteiger charge is -2.09. The van der Waals surface area contributed by atoms with E-state index in [1.807, 2.05) is 0 Å². The van der Waals surface area contributed by atoms with Gasteiger partial charge in [-0.2, -0.15) is 13.2 Å². The Hall–Kier alpha value is -2.94. The molecule has 1 amide bonds. The standard InChI is InChI=1S/C19H15F3N2O3S/c1-26-12-8-7-11(15(10-12)27-2)9-16-17(25)24-18(28-16)23-14-6-4-3-5-13(14)19(20,21)22/h3-10H,1-2H3,(H,23,24,25). The minimum absolute atomic E-state index is 0.0698. The lowest BCUT2D eigenvalue weighted by molar-refractivity contribution is -0.137. The van der Waals surface area contributed by atoms with Gasteiger partial charge in [0.25, 0.3) is 5.91 Å². The number of carbonyl (C=O) groups is 1. The van der Waals surface area contributed by atoms with Crippen LogP contribution in [0.4, 0.5) is 18.9 Å². The summed E-state index contributed by atoms with van der Waals surface area (Å²) in [4.78, 5) is 16.5. The Morgan fingerprint density at radius 2 is 1.86 bits per heavy atom. The number of thioether (sulfide) groups is 1. The van der Waals surface area contributed by atoms with E-state index in [4.69, 9.17) is 9.47 Å². The molecule has 1 saturated heterocycles. The number of hydrogen-bond acceptors (Lipinski definition) is 5. The number of alkyl halides is 3. The Morgan fingerprint density at radius 1 is 1.11 bits per heavy atom. The van der Waals surface area contributed by atoms with E-state index >= 15 is 0 Å². The first-order valence-corrected chi connectivity index (χ1v) is 8.81. The maximum atomic E-state index is 13.1. The van der Waals surface area contributed by atoms with Gasteiger partial charge in [-0.15, -0.1) is 0 Å². The summed E-state index contributed by atoms with van der Waals surface area (Å²) < 4.78 is 49.7. The van der Waals surface area contributed by atoms with E-state index in [-0.39, 0.29) is 15.8 Å². The molecule has 28 heavy (non-hydrogen) atoms. The average Bonchev–Trinajstić information content (AvgIpc) is 3.00.